The van der Waals surface area contributed by atoms with E-state index in [-0.39, 0.29) is 11.8 Å². The zero-order valence-corrected chi connectivity index (χ0v) is 16.8. The Morgan fingerprint density at radius 2 is 2.07 bits per heavy atom. The van der Waals surface area contributed by atoms with E-state index in [1.54, 1.807) is 16.0 Å². The van der Waals surface area contributed by atoms with Gasteiger partial charge in [-0.15, -0.1) is 0 Å². The van der Waals surface area contributed by atoms with Gasteiger partial charge in [0.05, 0.1) is 15.9 Å². The first-order valence-electron chi connectivity index (χ1n) is 8.61. The van der Waals surface area contributed by atoms with Crippen molar-refractivity contribution in [3.63, 3.8) is 0 Å². The van der Waals surface area contributed by atoms with Crippen LogP contribution >= 0.6 is 27.3 Å². The van der Waals surface area contributed by atoms with Crippen LogP contribution in [0.1, 0.15) is 29.2 Å². The zero-order valence-electron chi connectivity index (χ0n) is 14.4. The van der Waals surface area contributed by atoms with Gasteiger partial charge in [-0.2, -0.15) is 9.78 Å². The lowest BCUT2D eigenvalue weighted by atomic mass is 9.86. The summed E-state index contributed by atoms with van der Waals surface area (Å²) in [4.78, 5) is 17.2. The van der Waals surface area contributed by atoms with E-state index in [4.69, 9.17) is 10.1 Å². The Morgan fingerprint density at radius 1 is 1.22 bits per heavy atom. The third-order valence-electron chi connectivity index (χ3n) is 4.82. The molecule has 1 aliphatic rings. The van der Waals surface area contributed by atoms with Crippen LogP contribution in [0.2, 0.25) is 0 Å². The maximum absolute atomic E-state index is 12.5. The van der Waals surface area contributed by atoms with Crippen LogP contribution in [-0.2, 0) is 4.79 Å². The van der Waals surface area contributed by atoms with Gasteiger partial charge in [-0.25, -0.2) is 4.98 Å². The maximum Gasteiger partial charge on any atom is 0.226 e. The molecule has 5 nitrogen and oxygen atoms in total. The number of nitrogens with zero attached hydrogens (tertiary/aromatic N) is 3. The highest BCUT2D eigenvalue weighted by atomic mass is 79.9. The van der Waals surface area contributed by atoms with Gasteiger partial charge in [0.15, 0.2) is 0 Å². The largest absolute Gasteiger partial charge is 0.310 e. The summed E-state index contributed by atoms with van der Waals surface area (Å²) in [7, 11) is 0. The maximum atomic E-state index is 12.5. The zero-order chi connectivity index (χ0) is 18.5. The summed E-state index contributed by atoms with van der Waals surface area (Å²) >= 11 is 5.10. The molecule has 0 radical (unpaired) electrons. The molecule has 134 valence electrons. The molecule has 0 saturated heterocycles. The van der Waals surface area contributed by atoms with Gasteiger partial charge in [0.25, 0.3) is 0 Å². The van der Waals surface area contributed by atoms with Crippen molar-refractivity contribution in [3.05, 3.63) is 69.8 Å². The van der Waals surface area contributed by atoms with E-state index in [1.165, 1.54) is 0 Å². The number of para-hydroxylation sites is 1. The molecule has 4 aromatic rings. The minimum atomic E-state index is -0.0191. The van der Waals surface area contributed by atoms with Gasteiger partial charge in [-0.05, 0) is 36.8 Å². The van der Waals surface area contributed by atoms with E-state index in [9.17, 15) is 4.79 Å². The van der Waals surface area contributed by atoms with E-state index in [0.29, 0.717) is 6.42 Å². The lowest BCUT2D eigenvalue weighted by molar-refractivity contribution is -0.116. The average molecular weight is 439 g/mol. The molecule has 0 bridgehead atoms. The van der Waals surface area contributed by atoms with Crippen molar-refractivity contribution in [2.75, 3.05) is 5.32 Å². The summed E-state index contributed by atoms with van der Waals surface area (Å²) in [5.41, 5.74) is 4.01. The van der Waals surface area contributed by atoms with Crippen LogP contribution in [0.25, 0.3) is 15.3 Å². The van der Waals surface area contributed by atoms with Gasteiger partial charge < -0.3 is 5.32 Å². The van der Waals surface area contributed by atoms with Crippen LogP contribution in [0.4, 0.5) is 5.82 Å². The first-order chi connectivity index (χ1) is 13.1. The summed E-state index contributed by atoms with van der Waals surface area (Å²) in [5.74, 6) is 0.705. The number of amides is 1. The smallest absolute Gasteiger partial charge is 0.226 e. The van der Waals surface area contributed by atoms with Crippen molar-refractivity contribution >= 4 is 49.2 Å². The summed E-state index contributed by atoms with van der Waals surface area (Å²) in [5, 5.41) is 8.51. The van der Waals surface area contributed by atoms with E-state index in [0.717, 1.165) is 42.5 Å². The van der Waals surface area contributed by atoms with Crippen molar-refractivity contribution in [1.82, 2.24) is 14.8 Å². The van der Waals surface area contributed by atoms with Crippen molar-refractivity contribution < 1.29 is 4.79 Å². The molecule has 5 rings (SSSR count). The molecule has 1 aliphatic heterocycles. The molecule has 3 heterocycles. The Bertz CT molecular complexity index is 1160. The fourth-order valence-corrected chi connectivity index (χ4v) is 4.99. The number of carbonyl (C=O) groups excluding carboxylic acids is 1. The number of hydrogen-bond donors (Lipinski definition) is 1. The number of aromatic nitrogens is 3. The summed E-state index contributed by atoms with van der Waals surface area (Å²) in [6, 6.07) is 16.1. The number of anilines is 1. The second-order valence-corrected chi connectivity index (χ2v) is 8.51. The van der Waals surface area contributed by atoms with Crippen molar-refractivity contribution in [3.8, 4) is 5.13 Å². The highest BCUT2D eigenvalue weighted by Gasteiger charge is 2.33. The Balaban J connectivity index is 1.69. The fraction of sp³-hybridized carbons (Fsp3) is 0.150. The highest BCUT2D eigenvalue weighted by molar-refractivity contribution is 9.10. The molecule has 2 aromatic heterocycles. The van der Waals surface area contributed by atoms with Crippen LogP contribution < -0.4 is 5.32 Å². The topological polar surface area (TPSA) is 59.8 Å². The Hall–Kier alpha value is -2.51. The molecule has 0 unspecified atom stereocenters. The van der Waals surface area contributed by atoms with E-state index >= 15 is 0 Å². The van der Waals surface area contributed by atoms with Crippen molar-refractivity contribution in [2.45, 2.75) is 19.3 Å². The molecule has 1 atom stereocenters. The van der Waals surface area contributed by atoms with Crippen LogP contribution in [0.3, 0.4) is 0 Å². The molecule has 1 amide bonds. The number of nitrogens with one attached hydrogen (secondary N) is 1. The highest BCUT2D eigenvalue weighted by Crippen LogP contribution is 2.41. The van der Waals surface area contributed by atoms with Gasteiger partial charge in [0, 0.05) is 22.4 Å². The molecular weight excluding hydrogens is 424 g/mol. The van der Waals surface area contributed by atoms with Gasteiger partial charge >= 0.3 is 0 Å². The molecule has 0 spiro atoms. The molecule has 7 heteroatoms. The van der Waals surface area contributed by atoms with Crippen molar-refractivity contribution in [2.24, 2.45) is 0 Å². The summed E-state index contributed by atoms with van der Waals surface area (Å²) < 4.78 is 3.88. The number of aryl methyl sites for hydroxylation is 1. The normalized spacial score (nSPS) is 16.4. The van der Waals surface area contributed by atoms with E-state index < -0.39 is 0 Å². The number of thiazole rings is 1. The monoisotopic (exact) mass is 438 g/mol. The first kappa shape index (κ1) is 16.6. The SMILES string of the molecule is Cc1nn(-c2nc3ccccc3s2)c2c1[C@@H](c1cccc(Br)c1)CC(=O)N2. The average Bonchev–Trinajstić information content (AvgIpc) is 3.22. The van der Waals surface area contributed by atoms with Gasteiger partial charge in [-0.1, -0.05) is 51.5 Å². The van der Waals surface area contributed by atoms with Gasteiger partial charge in [0.1, 0.15) is 5.82 Å². The standard InChI is InChI=1S/C20H15BrN4OS/c1-11-18-14(12-5-4-6-13(21)9-12)10-17(26)23-19(18)25(24-11)20-22-15-7-2-3-8-16(15)27-20/h2-9,14H,10H2,1H3,(H,23,26)/t14-/m1/s1. The number of carbonyl (C=O) groups is 1. The first-order valence-corrected chi connectivity index (χ1v) is 10.2. The second kappa shape index (κ2) is 6.28. The number of fused-ring (bicyclic) bond motifs is 2. The van der Waals surface area contributed by atoms with Crippen LogP contribution in [0, 0.1) is 6.92 Å². The number of halogens is 1. The molecule has 2 aromatic carbocycles. The third kappa shape index (κ3) is 2.78. The predicted molar refractivity (Wildman–Crippen MR) is 111 cm³/mol. The Morgan fingerprint density at radius 3 is 2.89 bits per heavy atom. The van der Waals surface area contributed by atoms with Crippen molar-refractivity contribution in [1.29, 1.82) is 0 Å². The van der Waals surface area contributed by atoms with Gasteiger partial charge in [0.2, 0.25) is 11.0 Å². The van der Waals surface area contributed by atoms with Crippen LogP contribution in [0.15, 0.2) is 53.0 Å². The summed E-state index contributed by atoms with van der Waals surface area (Å²) in [6.45, 7) is 1.99. The molecule has 0 saturated carbocycles. The lowest BCUT2D eigenvalue weighted by Crippen LogP contribution is -2.24. The molecule has 1 N–H and O–H groups in total. The Labute approximate surface area is 168 Å². The van der Waals surface area contributed by atoms with Crippen LogP contribution in [-0.4, -0.2) is 20.7 Å². The fourth-order valence-electron chi connectivity index (χ4n) is 3.64. The number of rotatable bonds is 2. The quantitative estimate of drug-likeness (QED) is 0.477. The predicted octanol–water partition coefficient (Wildman–Crippen LogP) is 5.03. The molecular formula is C20H15BrN4OS. The lowest BCUT2D eigenvalue weighted by Gasteiger charge is -2.24. The van der Waals surface area contributed by atoms with E-state index in [1.807, 2.05) is 43.3 Å². The summed E-state index contributed by atoms with van der Waals surface area (Å²) in [6.07, 6.45) is 0.413. The number of hydrogen-bond acceptors (Lipinski definition) is 4. The second-order valence-electron chi connectivity index (χ2n) is 6.58. The molecule has 0 fully saturated rings. The van der Waals surface area contributed by atoms with Gasteiger partial charge in [-0.3, -0.25) is 4.79 Å². The minimum absolute atomic E-state index is 0.00487. The van der Waals surface area contributed by atoms with Crippen LogP contribution in [0.5, 0.6) is 0 Å². The minimum Gasteiger partial charge on any atom is -0.310 e. The van der Waals surface area contributed by atoms with E-state index in [2.05, 4.69) is 33.4 Å². The molecule has 0 aliphatic carbocycles. The third-order valence-corrected chi connectivity index (χ3v) is 6.32. The molecule has 27 heavy (non-hydrogen) atoms. The Kier molecular flexibility index (Phi) is 3.87. The number of benzene rings is 2.